The van der Waals surface area contributed by atoms with Crippen LogP contribution in [0.15, 0.2) is 18.2 Å². The van der Waals surface area contributed by atoms with E-state index in [1.165, 1.54) is 25.3 Å². The fourth-order valence-electron chi connectivity index (χ4n) is 2.10. The number of hydrogen-bond donors (Lipinski definition) is 2. The number of aromatic hydroxyl groups is 1. The summed E-state index contributed by atoms with van der Waals surface area (Å²) in [6.45, 7) is 0.716. The van der Waals surface area contributed by atoms with Crippen molar-refractivity contribution in [2.24, 2.45) is 0 Å². The molecular weight excluding hydrogens is 290 g/mol. The summed E-state index contributed by atoms with van der Waals surface area (Å²) in [6.07, 6.45) is 1.94. The fraction of sp³-hybridized carbons (Fsp3) is 0.467. The standard InChI is InChI=1S/C15H19NO6/c1-20-10-4-5-12(13(17)7-10)15(19)22-9-14(18)16-8-11-3-2-6-21-11/h4-5,7,11,17H,2-3,6,8-9H2,1H3,(H,16,18)/t11-/m1/s1. The lowest BCUT2D eigenvalue weighted by molar-refractivity contribution is -0.124. The average molecular weight is 309 g/mol. The highest BCUT2D eigenvalue weighted by Crippen LogP contribution is 2.23. The van der Waals surface area contributed by atoms with Crippen molar-refractivity contribution < 1.29 is 28.9 Å². The summed E-state index contributed by atoms with van der Waals surface area (Å²) in [7, 11) is 1.45. The largest absolute Gasteiger partial charge is 0.507 e. The minimum Gasteiger partial charge on any atom is -0.507 e. The summed E-state index contributed by atoms with van der Waals surface area (Å²) < 4.78 is 15.2. The van der Waals surface area contributed by atoms with Gasteiger partial charge in [0, 0.05) is 19.2 Å². The Morgan fingerprint density at radius 1 is 1.45 bits per heavy atom. The zero-order valence-corrected chi connectivity index (χ0v) is 12.3. The lowest BCUT2D eigenvalue weighted by Crippen LogP contribution is -2.34. The molecule has 7 heteroatoms. The quantitative estimate of drug-likeness (QED) is 0.757. The topological polar surface area (TPSA) is 94.1 Å². The van der Waals surface area contributed by atoms with Gasteiger partial charge in [-0.05, 0) is 25.0 Å². The monoisotopic (exact) mass is 309 g/mol. The lowest BCUT2D eigenvalue weighted by atomic mass is 10.2. The molecule has 120 valence electrons. The van der Waals surface area contributed by atoms with Gasteiger partial charge >= 0.3 is 5.97 Å². The van der Waals surface area contributed by atoms with Gasteiger partial charge in [0.15, 0.2) is 6.61 Å². The number of phenolic OH excluding ortho intramolecular Hbond substituents is 1. The molecule has 2 rings (SSSR count). The Balaban J connectivity index is 1.78. The van der Waals surface area contributed by atoms with Gasteiger partial charge in [0.2, 0.25) is 0 Å². The Morgan fingerprint density at radius 3 is 2.91 bits per heavy atom. The molecule has 0 aliphatic carbocycles. The maximum atomic E-state index is 11.8. The first-order valence-electron chi connectivity index (χ1n) is 7.02. The number of esters is 1. The molecule has 1 amide bonds. The van der Waals surface area contributed by atoms with E-state index in [0.717, 1.165) is 12.8 Å². The summed E-state index contributed by atoms with van der Waals surface area (Å²) in [6, 6.07) is 4.20. The summed E-state index contributed by atoms with van der Waals surface area (Å²) in [5.74, 6) is -1.02. The molecule has 1 atom stereocenters. The Kier molecular flexibility index (Phi) is 5.60. The van der Waals surface area contributed by atoms with Crippen LogP contribution >= 0.6 is 0 Å². The Morgan fingerprint density at radius 2 is 2.27 bits per heavy atom. The molecule has 0 radical (unpaired) electrons. The Bertz CT molecular complexity index is 539. The van der Waals surface area contributed by atoms with E-state index in [1.54, 1.807) is 0 Å². The highest BCUT2D eigenvalue weighted by atomic mass is 16.5. The van der Waals surface area contributed by atoms with Crippen LogP contribution in [0.1, 0.15) is 23.2 Å². The minimum atomic E-state index is -0.771. The second-order valence-electron chi connectivity index (χ2n) is 4.90. The summed E-state index contributed by atoms with van der Waals surface area (Å²) >= 11 is 0. The van der Waals surface area contributed by atoms with Crippen molar-refractivity contribution in [3.05, 3.63) is 23.8 Å². The predicted molar refractivity (Wildman–Crippen MR) is 76.9 cm³/mol. The normalized spacial score (nSPS) is 17.0. The van der Waals surface area contributed by atoms with Gasteiger partial charge in [-0.15, -0.1) is 0 Å². The van der Waals surface area contributed by atoms with Gasteiger partial charge in [0.05, 0.1) is 13.2 Å². The van der Waals surface area contributed by atoms with E-state index in [-0.39, 0.29) is 17.4 Å². The first-order chi connectivity index (χ1) is 10.6. The van der Waals surface area contributed by atoms with Gasteiger partial charge in [0.1, 0.15) is 17.1 Å². The first kappa shape index (κ1) is 16.1. The van der Waals surface area contributed by atoms with Crippen LogP contribution in [0.25, 0.3) is 0 Å². The number of hydrogen-bond acceptors (Lipinski definition) is 6. The number of ether oxygens (including phenoxy) is 3. The molecule has 1 fully saturated rings. The van der Waals surface area contributed by atoms with Crippen molar-refractivity contribution in [2.45, 2.75) is 18.9 Å². The van der Waals surface area contributed by atoms with Crippen molar-refractivity contribution >= 4 is 11.9 Å². The molecule has 1 aliphatic rings. The van der Waals surface area contributed by atoms with Crippen molar-refractivity contribution in [2.75, 3.05) is 26.9 Å². The van der Waals surface area contributed by atoms with Gasteiger partial charge in [-0.2, -0.15) is 0 Å². The number of nitrogens with one attached hydrogen (secondary N) is 1. The van der Waals surface area contributed by atoms with E-state index in [0.29, 0.717) is 18.9 Å². The summed E-state index contributed by atoms with van der Waals surface area (Å²) in [4.78, 5) is 23.4. The third-order valence-electron chi connectivity index (χ3n) is 3.31. The van der Waals surface area contributed by atoms with Crippen molar-refractivity contribution in [3.8, 4) is 11.5 Å². The molecule has 7 nitrogen and oxygen atoms in total. The average Bonchev–Trinajstić information content (AvgIpc) is 3.03. The number of carbonyl (C=O) groups is 2. The number of phenols is 1. The maximum absolute atomic E-state index is 11.8. The molecule has 0 aromatic heterocycles. The number of carbonyl (C=O) groups excluding carboxylic acids is 2. The van der Waals surface area contributed by atoms with Crippen molar-refractivity contribution in [1.29, 1.82) is 0 Å². The highest BCUT2D eigenvalue weighted by molar-refractivity contribution is 5.94. The molecule has 22 heavy (non-hydrogen) atoms. The number of rotatable bonds is 6. The molecule has 1 heterocycles. The third-order valence-corrected chi connectivity index (χ3v) is 3.31. The first-order valence-corrected chi connectivity index (χ1v) is 7.02. The second kappa shape index (κ2) is 7.65. The molecule has 0 saturated carbocycles. The smallest absolute Gasteiger partial charge is 0.342 e. The van der Waals surface area contributed by atoms with Crippen LogP contribution < -0.4 is 10.1 Å². The minimum absolute atomic E-state index is 0.0206. The van der Waals surface area contributed by atoms with Crippen LogP contribution in [0.4, 0.5) is 0 Å². The number of amides is 1. The van der Waals surface area contributed by atoms with E-state index in [1.807, 2.05) is 0 Å². The van der Waals surface area contributed by atoms with E-state index >= 15 is 0 Å². The van der Waals surface area contributed by atoms with Crippen LogP contribution in [-0.2, 0) is 14.3 Å². The van der Waals surface area contributed by atoms with Crippen LogP contribution in [-0.4, -0.2) is 50.0 Å². The number of methoxy groups -OCH3 is 1. The predicted octanol–water partition coefficient (Wildman–Crippen LogP) is 0.853. The molecule has 1 aliphatic heterocycles. The van der Waals surface area contributed by atoms with Crippen LogP contribution in [0.3, 0.4) is 0 Å². The van der Waals surface area contributed by atoms with Gasteiger partial charge in [0.25, 0.3) is 5.91 Å². The molecule has 0 spiro atoms. The SMILES string of the molecule is COc1ccc(C(=O)OCC(=O)NC[C@H]2CCCO2)c(O)c1. The van der Waals surface area contributed by atoms with E-state index in [9.17, 15) is 14.7 Å². The van der Waals surface area contributed by atoms with Gasteiger partial charge in [-0.3, -0.25) is 4.79 Å². The van der Waals surface area contributed by atoms with Crippen molar-refractivity contribution in [1.82, 2.24) is 5.32 Å². The summed E-state index contributed by atoms with van der Waals surface area (Å²) in [5.41, 5.74) is -0.0206. The highest BCUT2D eigenvalue weighted by Gasteiger charge is 2.18. The Labute approximate surface area is 128 Å². The molecule has 0 unspecified atom stereocenters. The molecule has 2 N–H and O–H groups in total. The van der Waals surface area contributed by atoms with Crippen LogP contribution in [0, 0.1) is 0 Å². The summed E-state index contributed by atoms with van der Waals surface area (Å²) in [5, 5.41) is 12.3. The molecule has 0 bridgehead atoms. The van der Waals surface area contributed by atoms with Crippen LogP contribution in [0.5, 0.6) is 11.5 Å². The van der Waals surface area contributed by atoms with E-state index < -0.39 is 18.5 Å². The zero-order valence-electron chi connectivity index (χ0n) is 12.3. The molecular formula is C15H19NO6. The lowest BCUT2D eigenvalue weighted by Gasteiger charge is -2.11. The second-order valence-corrected chi connectivity index (χ2v) is 4.90. The van der Waals surface area contributed by atoms with Gasteiger partial charge in [-0.1, -0.05) is 0 Å². The van der Waals surface area contributed by atoms with Gasteiger partial charge in [-0.25, -0.2) is 4.79 Å². The van der Waals surface area contributed by atoms with Gasteiger partial charge < -0.3 is 24.6 Å². The molecule has 1 aromatic rings. The zero-order chi connectivity index (χ0) is 15.9. The van der Waals surface area contributed by atoms with E-state index in [4.69, 9.17) is 14.2 Å². The molecule has 1 saturated heterocycles. The third kappa shape index (κ3) is 4.36. The number of benzene rings is 1. The van der Waals surface area contributed by atoms with Crippen LogP contribution in [0.2, 0.25) is 0 Å². The Hall–Kier alpha value is -2.28. The maximum Gasteiger partial charge on any atom is 0.342 e. The van der Waals surface area contributed by atoms with Crippen molar-refractivity contribution in [3.63, 3.8) is 0 Å². The molecule has 1 aromatic carbocycles. The van der Waals surface area contributed by atoms with E-state index in [2.05, 4.69) is 5.32 Å². The fourth-order valence-corrected chi connectivity index (χ4v) is 2.10.